The summed E-state index contributed by atoms with van der Waals surface area (Å²) < 4.78 is 13.5. The normalized spacial score (nSPS) is 11.2. The summed E-state index contributed by atoms with van der Waals surface area (Å²) >= 11 is 0. The van der Waals surface area contributed by atoms with Gasteiger partial charge in [-0.25, -0.2) is 14.4 Å². The van der Waals surface area contributed by atoms with Crippen LogP contribution in [-0.4, -0.2) is 9.97 Å². The van der Waals surface area contributed by atoms with Crippen LogP contribution in [0.2, 0.25) is 0 Å². The summed E-state index contributed by atoms with van der Waals surface area (Å²) in [6.45, 7) is 0. The van der Waals surface area contributed by atoms with Crippen LogP contribution >= 0.6 is 0 Å². The molecule has 8 rings (SSSR count). The van der Waals surface area contributed by atoms with Crippen molar-refractivity contribution in [1.82, 2.24) is 9.97 Å². The number of benzene rings is 7. The van der Waals surface area contributed by atoms with E-state index in [0.717, 1.165) is 72.5 Å². The van der Waals surface area contributed by atoms with Crippen LogP contribution in [0.3, 0.4) is 0 Å². The predicted molar refractivity (Wildman–Crippen MR) is 188 cm³/mol. The van der Waals surface area contributed by atoms with Crippen LogP contribution < -0.4 is 4.90 Å². The second kappa shape index (κ2) is 11.8. The highest BCUT2D eigenvalue weighted by atomic mass is 19.1. The Morgan fingerprint density at radius 1 is 0.413 bits per heavy atom. The number of nitrogens with zero attached hydrogens (tertiary/aromatic N) is 3. The van der Waals surface area contributed by atoms with Crippen molar-refractivity contribution in [2.45, 2.75) is 0 Å². The number of anilines is 3. The average molecular weight is 594 g/mol. The summed E-state index contributed by atoms with van der Waals surface area (Å²) in [7, 11) is 0. The Kier molecular flexibility index (Phi) is 7.01. The molecule has 8 aromatic rings. The van der Waals surface area contributed by atoms with E-state index >= 15 is 0 Å². The Morgan fingerprint density at radius 3 is 1.54 bits per heavy atom. The fourth-order valence-corrected chi connectivity index (χ4v) is 6.03. The molecule has 0 fully saturated rings. The summed E-state index contributed by atoms with van der Waals surface area (Å²) in [5.41, 5.74) is 10.5. The molecule has 0 aliphatic carbocycles. The lowest BCUT2D eigenvalue weighted by Gasteiger charge is -2.26. The number of rotatable bonds is 6. The summed E-state index contributed by atoms with van der Waals surface area (Å²) in [4.78, 5) is 12.8. The van der Waals surface area contributed by atoms with E-state index in [9.17, 15) is 4.39 Å². The van der Waals surface area contributed by atoms with Crippen molar-refractivity contribution in [3.63, 3.8) is 0 Å². The lowest BCUT2D eigenvalue weighted by atomic mass is 10.0. The maximum Gasteiger partial charge on any atom is 0.123 e. The third-order valence-corrected chi connectivity index (χ3v) is 8.31. The Labute approximate surface area is 266 Å². The van der Waals surface area contributed by atoms with E-state index in [1.807, 2.05) is 66.7 Å². The van der Waals surface area contributed by atoms with Crippen molar-refractivity contribution in [3.8, 4) is 33.6 Å². The lowest BCUT2D eigenvalue weighted by Crippen LogP contribution is -2.09. The molecule has 3 nitrogen and oxygen atoms in total. The molecule has 0 spiro atoms. The van der Waals surface area contributed by atoms with Crippen molar-refractivity contribution >= 4 is 38.9 Å². The second-order valence-corrected chi connectivity index (χ2v) is 11.2. The highest BCUT2D eigenvalue weighted by Crippen LogP contribution is 2.39. The van der Waals surface area contributed by atoms with Crippen LogP contribution in [0.15, 0.2) is 170 Å². The molecule has 0 bridgehead atoms. The van der Waals surface area contributed by atoms with Crippen molar-refractivity contribution < 1.29 is 4.39 Å². The first-order chi connectivity index (χ1) is 22.7. The van der Waals surface area contributed by atoms with Crippen molar-refractivity contribution in [1.29, 1.82) is 0 Å². The minimum absolute atomic E-state index is 0.240. The largest absolute Gasteiger partial charge is 0.310 e. The molecular weight excluding hydrogens is 565 g/mol. The minimum Gasteiger partial charge on any atom is -0.310 e. The maximum absolute atomic E-state index is 13.5. The van der Waals surface area contributed by atoms with E-state index in [-0.39, 0.29) is 5.82 Å². The molecule has 0 aliphatic rings. The molecule has 0 N–H and O–H groups in total. The molecule has 0 aliphatic heterocycles. The van der Waals surface area contributed by atoms with Gasteiger partial charge in [0.1, 0.15) is 5.82 Å². The van der Waals surface area contributed by atoms with Crippen LogP contribution in [0.4, 0.5) is 21.5 Å². The number of fused-ring (bicyclic) bond motifs is 3. The SMILES string of the molecule is Fc1ccc(-c2ccc(N(c3ccccc3)c3ccc4ccc5nc(-c6ccccc6)c(-c6ccccc6)nc5c4c3)cc2)cc1. The number of halogens is 1. The number of para-hydroxylation sites is 1. The van der Waals surface area contributed by atoms with Gasteiger partial charge in [-0.05, 0) is 71.1 Å². The molecule has 0 radical (unpaired) electrons. The molecule has 0 amide bonds. The van der Waals surface area contributed by atoms with Gasteiger partial charge in [-0.1, -0.05) is 115 Å². The van der Waals surface area contributed by atoms with Gasteiger partial charge in [0.05, 0.1) is 22.4 Å². The quantitative estimate of drug-likeness (QED) is 0.180. The van der Waals surface area contributed by atoms with E-state index in [0.29, 0.717) is 0 Å². The zero-order valence-corrected chi connectivity index (χ0v) is 24.9. The molecule has 4 heteroatoms. The van der Waals surface area contributed by atoms with Gasteiger partial charge >= 0.3 is 0 Å². The Bertz CT molecular complexity index is 2290. The van der Waals surface area contributed by atoms with Crippen molar-refractivity contribution in [2.24, 2.45) is 0 Å². The van der Waals surface area contributed by atoms with Gasteiger partial charge < -0.3 is 4.90 Å². The predicted octanol–water partition coefficient (Wildman–Crippen LogP) is 11.4. The van der Waals surface area contributed by atoms with E-state index in [4.69, 9.17) is 9.97 Å². The number of hydrogen-bond acceptors (Lipinski definition) is 3. The molecule has 0 atom stereocenters. The highest BCUT2D eigenvalue weighted by molar-refractivity contribution is 6.07. The topological polar surface area (TPSA) is 29.0 Å². The molecule has 46 heavy (non-hydrogen) atoms. The van der Waals surface area contributed by atoms with Gasteiger partial charge in [0, 0.05) is 33.6 Å². The fraction of sp³-hybridized carbons (Fsp3) is 0. The first-order valence-corrected chi connectivity index (χ1v) is 15.3. The molecule has 0 saturated carbocycles. The van der Waals surface area contributed by atoms with Gasteiger partial charge in [0.2, 0.25) is 0 Å². The Morgan fingerprint density at radius 2 is 0.913 bits per heavy atom. The minimum atomic E-state index is -0.240. The van der Waals surface area contributed by atoms with Gasteiger partial charge in [-0.2, -0.15) is 0 Å². The average Bonchev–Trinajstić information content (AvgIpc) is 3.13. The fourth-order valence-electron chi connectivity index (χ4n) is 6.03. The molecule has 7 aromatic carbocycles. The van der Waals surface area contributed by atoms with Crippen LogP contribution in [0.1, 0.15) is 0 Å². The first-order valence-electron chi connectivity index (χ1n) is 15.3. The molecule has 1 aromatic heterocycles. The standard InChI is InChI=1S/C42H28FN3/c43-34-22-16-29(17-23-34)30-18-24-36(25-19-30)46(35-14-8-3-9-15-35)37-26-20-31-21-27-39-42(38(31)28-37)45-41(33-12-6-2-7-13-33)40(44-39)32-10-4-1-5-11-32/h1-28H. The van der Waals surface area contributed by atoms with Gasteiger partial charge in [0.15, 0.2) is 0 Å². The van der Waals surface area contributed by atoms with Gasteiger partial charge in [-0.3, -0.25) is 0 Å². The van der Waals surface area contributed by atoms with E-state index in [1.165, 1.54) is 12.1 Å². The van der Waals surface area contributed by atoms with E-state index in [2.05, 4.69) is 95.9 Å². The maximum atomic E-state index is 13.5. The molecule has 1 heterocycles. The molecule has 0 unspecified atom stereocenters. The Hall–Kier alpha value is -6.13. The molecular formula is C42H28FN3. The summed E-state index contributed by atoms with van der Waals surface area (Å²) in [5, 5.41) is 2.12. The van der Waals surface area contributed by atoms with E-state index < -0.39 is 0 Å². The van der Waals surface area contributed by atoms with Crippen molar-refractivity contribution in [3.05, 3.63) is 176 Å². The highest BCUT2D eigenvalue weighted by Gasteiger charge is 2.17. The number of aromatic nitrogens is 2. The van der Waals surface area contributed by atoms with Crippen LogP contribution in [0.25, 0.3) is 55.4 Å². The van der Waals surface area contributed by atoms with E-state index in [1.54, 1.807) is 0 Å². The smallest absolute Gasteiger partial charge is 0.123 e. The summed E-state index contributed by atoms with van der Waals surface area (Å²) in [6.07, 6.45) is 0. The zero-order chi connectivity index (χ0) is 30.9. The summed E-state index contributed by atoms with van der Waals surface area (Å²) in [5.74, 6) is -0.240. The van der Waals surface area contributed by atoms with Crippen molar-refractivity contribution in [2.75, 3.05) is 4.90 Å². The van der Waals surface area contributed by atoms with Gasteiger partial charge in [0.25, 0.3) is 0 Å². The third kappa shape index (κ3) is 5.16. The molecule has 218 valence electrons. The number of hydrogen-bond donors (Lipinski definition) is 0. The van der Waals surface area contributed by atoms with Crippen LogP contribution in [-0.2, 0) is 0 Å². The monoisotopic (exact) mass is 593 g/mol. The molecule has 0 saturated heterocycles. The van der Waals surface area contributed by atoms with Crippen LogP contribution in [0.5, 0.6) is 0 Å². The lowest BCUT2D eigenvalue weighted by molar-refractivity contribution is 0.628. The second-order valence-electron chi connectivity index (χ2n) is 11.2. The van der Waals surface area contributed by atoms with Gasteiger partial charge in [-0.15, -0.1) is 0 Å². The zero-order valence-electron chi connectivity index (χ0n) is 24.9. The summed E-state index contributed by atoms with van der Waals surface area (Å²) in [6, 6.07) is 56.6. The third-order valence-electron chi connectivity index (χ3n) is 8.31. The first kappa shape index (κ1) is 27.4. The Balaban J connectivity index is 1.30. The van der Waals surface area contributed by atoms with Crippen LogP contribution in [0, 0.1) is 5.82 Å².